The fourth-order valence-corrected chi connectivity index (χ4v) is 4.12. The summed E-state index contributed by atoms with van der Waals surface area (Å²) in [5.74, 6) is -1.93. The van der Waals surface area contributed by atoms with Crippen molar-refractivity contribution in [2.75, 3.05) is 18.9 Å². The quantitative estimate of drug-likeness (QED) is 0.661. The molecule has 0 spiro atoms. The van der Waals surface area contributed by atoms with Crippen molar-refractivity contribution in [3.8, 4) is 6.07 Å². The Morgan fingerprint density at radius 3 is 2.70 bits per heavy atom. The first-order valence-electron chi connectivity index (χ1n) is 10.6. The molecule has 3 N–H and O–H groups in total. The summed E-state index contributed by atoms with van der Waals surface area (Å²) in [7, 11) is 1.59. The van der Waals surface area contributed by atoms with Crippen LogP contribution in [0.1, 0.15) is 41.3 Å². The number of nitriles is 1. The molecule has 33 heavy (non-hydrogen) atoms. The number of fused-ring (bicyclic) bond motifs is 1. The summed E-state index contributed by atoms with van der Waals surface area (Å²) < 4.78 is 13.8. The fraction of sp³-hybridized carbons (Fsp3) is 0.280. The van der Waals surface area contributed by atoms with Crippen LogP contribution < -0.4 is 11.1 Å². The SMILES string of the molecule is CN=CC(=CN)[C@H]1[C@H](C(=O)Nc2ccc(F)c(C#N)c2)c2ccccc2C(=O)N1CC(C)C. The number of nitrogens with zero attached hydrogens (tertiary/aromatic N) is 3. The van der Waals surface area contributed by atoms with Crippen LogP contribution in [0, 0.1) is 23.1 Å². The molecule has 2 aromatic rings. The van der Waals surface area contributed by atoms with Crippen LogP contribution >= 0.6 is 0 Å². The fourth-order valence-electron chi connectivity index (χ4n) is 4.12. The minimum absolute atomic E-state index is 0.137. The Labute approximate surface area is 192 Å². The average molecular weight is 448 g/mol. The van der Waals surface area contributed by atoms with Gasteiger partial charge in [0.05, 0.1) is 17.5 Å². The Hall–Kier alpha value is -3.99. The van der Waals surface area contributed by atoms with E-state index >= 15 is 0 Å². The smallest absolute Gasteiger partial charge is 0.254 e. The lowest BCUT2D eigenvalue weighted by Crippen LogP contribution is -2.53. The van der Waals surface area contributed by atoms with Crippen LogP contribution in [0.4, 0.5) is 10.1 Å². The molecule has 8 heteroatoms. The van der Waals surface area contributed by atoms with Gasteiger partial charge >= 0.3 is 0 Å². The van der Waals surface area contributed by atoms with Crippen LogP contribution in [-0.2, 0) is 4.79 Å². The lowest BCUT2D eigenvalue weighted by Gasteiger charge is -2.42. The van der Waals surface area contributed by atoms with Gasteiger partial charge in [0.2, 0.25) is 5.91 Å². The third kappa shape index (κ3) is 4.77. The normalized spacial score (nSPS) is 18.4. The van der Waals surface area contributed by atoms with Crippen LogP contribution in [0.15, 0.2) is 59.2 Å². The topological polar surface area (TPSA) is 112 Å². The molecule has 1 aliphatic heterocycles. The van der Waals surface area contributed by atoms with E-state index in [4.69, 9.17) is 11.0 Å². The van der Waals surface area contributed by atoms with E-state index < -0.39 is 23.7 Å². The summed E-state index contributed by atoms with van der Waals surface area (Å²) in [5, 5.41) is 11.9. The molecule has 7 nitrogen and oxygen atoms in total. The van der Waals surface area contributed by atoms with Crippen molar-refractivity contribution in [3.63, 3.8) is 0 Å². The summed E-state index contributed by atoms with van der Waals surface area (Å²) in [6, 6.07) is 11.9. The van der Waals surface area contributed by atoms with E-state index in [1.807, 2.05) is 13.8 Å². The van der Waals surface area contributed by atoms with Crippen LogP contribution in [0.25, 0.3) is 0 Å². The molecule has 2 amide bonds. The van der Waals surface area contributed by atoms with Crippen LogP contribution in [0.3, 0.4) is 0 Å². The van der Waals surface area contributed by atoms with Crippen molar-refractivity contribution < 1.29 is 14.0 Å². The largest absolute Gasteiger partial charge is 0.404 e. The van der Waals surface area contributed by atoms with Gasteiger partial charge in [0, 0.05) is 42.8 Å². The molecule has 0 aliphatic carbocycles. The third-order valence-electron chi connectivity index (χ3n) is 5.45. The van der Waals surface area contributed by atoms with Crippen LogP contribution in [0.2, 0.25) is 0 Å². The highest BCUT2D eigenvalue weighted by molar-refractivity contribution is 6.06. The number of benzene rings is 2. The number of halogens is 1. The Kier molecular flexibility index (Phi) is 7.23. The van der Waals surface area contributed by atoms with Gasteiger partial charge in [-0.15, -0.1) is 0 Å². The number of carbonyl (C=O) groups excluding carboxylic acids is 2. The first kappa shape index (κ1) is 23.7. The summed E-state index contributed by atoms with van der Waals surface area (Å²) in [4.78, 5) is 32.8. The molecule has 2 atom stereocenters. The minimum atomic E-state index is -0.805. The Morgan fingerprint density at radius 1 is 1.33 bits per heavy atom. The number of nitrogens with one attached hydrogen (secondary N) is 1. The molecule has 170 valence electrons. The van der Waals surface area contributed by atoms with Gasteiger partial charge in [-0.05, 0) is 35.7 Å². The monoisotopic (exact) mass is 447 g/mol. The first-order chi connectivity index (χ1) is 15.8. The number of hydrogen-bond donors (Lipinski definition) is 2. The molecule has 0 aromatic heterocycles. The van der Waals surface area contributed by atoms with Gasteiger partial charge in [0.1, 0.15) is 11.9 Å². The number of nitrogens with two attached hydrogens (primary N) is 1. The highest BCUT2D eigenvalue weighted by Crippen LogP contribution is 2.37. The lowest BCUT2D eigenvalue weighted by atomic mass is 9.78. The zero-order valence-corrected chi connectivity index (χ0v) is 18.7. The van der Waals surface area contributed by atoms with Crippen molar-refractivity contribution >= 4 is 23.7 Å². The Bertz CT molecular complexity index is 1170. The van der Waals surface area contributed by atoms with E-state index in [0.717, 1.165) is 6.07 Å². The van der Waals surface area contributed by atoms with Gasteiger partial charge in [0.15, 0.2) is 0 Å². The van der Waals surface area contributed by atoms with E-state index in [-0.39, 0.29) is 23.1 Å². The predicted molar refractivity (Wildman–Crippen MR) is 125 cm³/mol. The molecule has 0 bridgehead atoms. The maximum absolute atomic E-state index is 13.8. The number of anilines is 1. The van der Waals surface area contributed by atoms with Gasteiger partial charge in [0.25, 0.3) is 5.91 Å². The maximum atomic E-state index is 13.8. The van der Waals surface area contributed by atoms with Crippen molar-refractivity contribution in [1.29, 1.82) is 5.26 Å². The van der Waals surface area contributed by atoms with Gasteiger partial charge in [-0.2, -0.15) is 5.26 Å². The highest BCUT2D eigenvalue weighted by Gasteiger charge is 2.44. The first-order valence-corrected chi connectivity index (χ1v) is 10.6. The standard InChI is InChI=1S/C25H26FN5O2/c1-15(2)14-31-23(17(12-28)13-29-3)22(19-6-4-5-7-20(19)25(31)33)24(32)30-18-8-9-21(26)16(10-18)11-27/h4-10,12-13,15,22-23H,14,28H2,1-3H3,(H,30,32)/t22-,23+/m1/s1. The Morgan fingerprint density at radius 2 is 2.06 bits per heavy atom. The number of rotatable bonds is 6. The molecular weight excluding hydrogens is 421 g/mol. The molecule has 0 unspecified atom stereocenters. The van der Waals surface area contributed by atoms with Gasteiger partial charge < -0.3 is 16.0 Å². The van der Waals surface area contributed by atoms with Crippen molar-refractivity contribution in [1.82, 2.24) is 4.90 Å². The molecule has 0 fully saturated rings. The second-order valence-electron chi connectivity index (χ2n) is 8.21. The van der Waals surface area contributed by atoms with Crippen LogP contribution in [-0.4, -0.2) is 42.6 Å². The second kappa shape index (κ2) is 10.1. The van der Waals surface area contributed by atoms with Gasteiger partial charge in [-0.25, -0.2) is 4.39 Å². The van der Waals surface area contributed by atoms with Crippen LogP contribution in [0.5, 0.6) is 0 Å². The molecular formula is C25H26FN5O2. The predicted octanol–water partition coefficient (Wildman–Crippen LogP) is 3.44. The molecule has 0 radical (unpaired) electrons. The summed E-state index contributed by atoms with van der Waals surface area (Å²) in [6.07, 6.45) is 2.91. The van der Waals surface area contributed by atoms with Gasteiger partial charge in [-0.3, -0.25) is 14.6 Å². The summed E-state index contributed by atoms with van der Waals surface area (Å²) >= 11 is 0. The third-order valence-corrected chi connectivity index (χ3v) is 5.45. The summed E-state index contributed by atoms with van der Waals surface area (Å²) in [5.41, 5.74) is 7.56. The second-order valence-corrected chi connectivity index (χ2v) is 8.21. The van der Waals surface area contributed by atoms with E-state index in [9.17, 15) is 14.0 Å². The molecule has 1 aliphatic rings. The molecule has 0 saturated heterocycles. The zero-order chi connectivity index (χ0) is 24.1. The van der Waals surface area contributed by atoms with Crippen molar-refractivity contribution in [2.45, 2.75) is 25.8 Å². The summed E-state index contributed by atoms with van der Waals surface area (Å²) in [6.45, 7) is 4.38. The van der Waals surface area contributed by atoms with Gasteiger partial charge in [-0.1, -0.05) is 32.0 Å². The van der Waals surface area contributed by atoms with E-state index in [1.165, 1.54) is 18.3 Å². The van der Waals surface area contributed by atoms with Crippen molar-refractivity contribution in [2.24, 2.45) is 16.6 Å². The number of carbonyl (C=O) groups is 2. The molecule has 0 saturated carbocycles. The molecule has 1 heterocycles. The molecule has 2 aromatic carbocycles. The number of hydrogen-bond acceptors (Lipinski definition) is 5. The van der Waals surface area contributed by atoms with Crippen molar-refractivity contribution in [3.05, 3.63) is 76.7 Å². The number of aliphatic imine (C=N–C) groups is 1. The van der Waals surface area contributed by atoms with E-state index in [0.29, 0.717) is 23.2 Å². The highest BCUT2D eigenvalue weighted by atomic mass is 19.1. The average Bonchev–Trinajstić information content (AvgIpc) is 2.80. The maximum Gasteiger partial charge on any atom is 0.254 e. The van der Waals surface area contributed by atoms with E-state index in [2.05, 4.69) is 10.3 Å². The molecule has 3 rings (SSSR count). The Balaban J connectivity index is 2.15. The van der Waals surface area contributed by atoms with E-state index in [1.54, 1.807) is 48.5 Å². The lowest BCUT2D eigenvalue weighted by molar-refractivity contribution is -0.118. The zero-order valence-electron chi connectivity index (χ0n) is 18.7. The number of amides is 2. The minimum Gasteiger partial charge on any atom is -0.404 e.